The highest BCUT2D eigenvalue weighted by molar-refractivity contribution is 6.17. The molecule has 0 heterocycles. The Hall–Kier alpha value is -1.29. The number of nitro groups is 1. The van der Waals surface area contributed by atoms with Gasteiger partial charge < -0.3 is 4.74 Å². The molecule has 0 saturated heterocycles. The number of ether oxygens (including phenoxy) is 1. The summed E-state index contributed by atoms with van der Waals surface area (Å²) in [6.45, 7) is 0.330. The number of benzene rings is 1. The fourth-order valence-corrected chi connectivity index (χ4v) is 0.861. The van der Waals surface area contributed by atoms with Crippen LogP contribution in [0.1, 0.15) is 0 Å². The minimum absolute atomic E-state index is 0.0351. The largest absolute Gasteiger partial charge is 0.492 e. The van der Waals surface area contributed by atoms with Crippen molar-refractivity contribution < 1.29 is 9.66 Å². The van der Waals surface area contributed by atoms with E-state index in [2.05, 4.69) is 6.07 Å². The Morgan fingerprint density at radius 2 is 2.38 bits per heavy atom. The molecule has 0 aliphatic carbocycles. The van der Waals surface area contributed by atoms with Crippen LogP contribution in [0, 0.1) is 16.2 Å². The maximum atomic E-state index is 10.3. The Balaban J connectivity index is 2.73. The standard InChI is InChI=1S/C8H7ClNO3/c9-4-5-13-8-3-1-2-7(6-8)10(11)12/h2-3,6H,4-5H2. The molecule has 0 atom stereocenters. The summed E-state index contributed by atoms with van der Waals surface area (Å²) in [4.78, 5) is 9.83. The Labute approximate surface area is 80.2 Å². The molecule has 1 aromatic rings. The van der Waals surface area contributed by atoms with E-state index in [0.29, 0.717) is 18.2 Å². The first-order chi connectivity index (χ1) is 6.24. The van der Waals surface area contributed by atoms with Crippen LogP contribution in [0.4, 0.5) is 5.69 Å². The summed E-state index contributed by atoms with van der Waals surface area (Å²) in [5.41, 5.74) is -0.0351. The van der Waals surface area contributed by atoms with Gasteiger partial charge in [0, 0.05) is 6.07 Å². The molecule has 0 aliphatic heterocycles. The van der Waals surface area contributed by atoms with Crippen molar-refractivity contribution in [2.75, 3.05) is 12.5 Å². The lowest BCUT2D eigenvalue weighted by Crippen LogP contribution is -1.98. The summed E-state index contributed by atoms with van der Waals surface area (Å²) in [5, 5.41) is 10.3. The molecule has 69 valence electrons. The van der Waals surface area contributed by atoms with Gasteiger partial charge in [0.05, 0.1) is 16.9 Å². The van der Waals surface area contributed by atoms with Crippen LogP contribution < -0.4 is 4.74 Å². The Morgan fingerprint density at radius 1 is 1.62 bits per heavy atom. The molecule has 4 nitrogen and oxygen atoms in total. The van der Waals surface area contributed by atoms with E-state index < -0.39 is 4.92 Å². The molecule has 13 heavy (non-hydrogen) atoms. The van der Waals surface area contributed by atoms with Crippen molar-refractivity contribution in [3.8, 4) is 5.75 Å². The van der Waals surface area contributed by atoms with E-state index in [1.54, 1.807) is 0 Å². The zero-order chi connectivity index (χ0) is 9.68. The molecule has 1 rings (SSSR count). The van der Waals surface area contributed by atoms with Gasteiger partial charge in [-0.15, -0.1) is 11.6 Å². The maximum Gasteiger partial charge on any atom is 0.273 e. The predicted molar refractivity (Wildman–Crippen MR) is 48.1 cm³/mol. The molecule has 0 unspecified atom stereocenters. The van der Waals surface area contributed by atoms with Crippen molar-refractivity contribution >= 4 is 17.3 Å². The number of alkyl halides is 1. The summed E-state index contributed by atoms with van der Waals surface area (Å²) in [6, 6.07) is 6.76. The number of nitrogens with zero attached hydrogens (tertiary/aromatic N) is 1. The number of non-ortho nitro benzene ring substituents is 1. The van der Waals surface area contributed by atoms with Gasteiger partial charge in [-0.05, 0) is 12.1 Å². The fourth-order valence-electron chi connectivity index (χ4n) is 0.783. The molecule has 1 radical (unpaired) electrons. The van der Waals surface area contributed by atoms with Crippen molar-refractivity contribution in [3.05, 3.63) is 34.4 Å². The molecule has 1 aromatic carbocycles. The molecule has 0 aromatic heterocycles. The zero-order valence-electron chi connectivity index (χ0n) is 6.70. The van der Waals surface area contributed by atoms with Crippen LogP contribution in [0.3, 0.4) is 0 Å². The molecule has 0 saturated carbocycles. The summed E-state index contributed by atoms with van der Waals surface area (Å²) in [7, 11) is 0. The summed E-state index contributed by atoms with van der Waals surface area (Å²) < 4.78 is 5.08. The van der Waals surface area contributed by atoms with Gasteiger partial charge in [0.15, 0.2) is 0 Å². The van der Waals surface area contributed by atoms with Crippen LogP contribution in [0.15, 0.2) is 18.2 Å². The fraction of sp³-hybridized carbons (Fsp3) is 0.250. The van der Waals surface area contributed by atoms with Crippen molar-refractivity contribution in [1.82, 2.24) is 0 Å². The van der Waals surface area contributed by atoms with E-state index in [4.69, 9.17) is 16.3 Å². The van der Waals surface area contributed by atoms with Crippen LogP contribution in [0.5, 0.6) is 5.75 Å². The highest BCUT2D eigenvalue weighted by atomic mass is 35.5. The summed E-state index contributed by atoms with van der Waals surface area (Å²) in [6.07, 6.45) is 0. The summed E-state index contributed by atoms with van der Waals surface area (Å²) >= 11 is 5.38. The minimum atomic E-state index is -0.496. The van der Waals surface area contributed by atoms with Crippen LogP contribution in [0.25, 0.3) is 0 Å². The lowest BCUT2D eigenvalue weighted by molar-refractivity contribution is -0.385. The van der Waals surface area contributed by atoms with Crippen LogP contribution >= 0.6 is 11.6 Å². The van der Waals surface area contributed by atoms with Crippen LogP contribution in [-0.2, 0) is 0 Å². The van der Waals surface area contributed by atoms with E-state index in [-0.39, 0.29) is 5.69 Å². The number of halogens is 1. The molecule has 0 fully saturated rings. The molecular weight excluding hydrogens is 194 g/mol. The quantitative estimate of drug-likeness (QED) is 0.424. The number of rotatable bonds is 4. The van der Waals surface area contributed by atoms with E-state index in [1.165, 1.54) is 18.2 Å². The molecule has 0 spiro atoms. The SMILES string of the molecule is O=[N+]([O-])c1c[c]cc(OCCCl)c1. The number of hydrogen-bond acceptors (Lipinski definition) is 3. The van der Waals surface area contributed by atoms with E-state index in [9.17, 15) is 10.1 Å². The van der Waals surface area contributed by atoms with Crippen LogP contribution in [0.2, 0.25) is 0 Å². The third-order valence-electron chi connectivity index (χ3n) is 1.30. The first-order valence-corrected chi connectivity index (χ1v) is 4.12. The first-order valence-electron chi connectivity index (χ1n) is 3.58. The second-order valence-electron chi connectivity index (χ2n) is 2.22. The topological polar surface area (TPSA) is 52.4 Å². The highest BCUT2D eigenvalue weighted by Crippen LogP contribution is 2.18. The minimum Gasteiger partial charge on any atom is -0.492 e. The molecule has 0 amide bonds. The molecule has 0 N–H and O–H groups in total. The van der Waals surface area contributed by atoms with Crippen molar-refractivity contribution in [2.24, 2.45) is 0 Å². The Kier molecular flexibility index (Phi) is 3.52. The van der Waals surface area contributed by atoms with Crippen LogP contribution in [-0.4, -0.2) is 17.4 Å². The Bertz CT molecular complexity index is 303. The molecule has 0 aliphatic rings. The number of nitro benzene ring substituents is 1. The second-order valence-corrected chi connectivity index (χ2v) is 2.60. The summed E-state index contributed by atoms with van der Waals surface area (Å²) in [5.74, 6) is 0.762. The third kappa shape index (κ3) is 2.91. The van der Waals surface area contributed by atoms with Gasteiger partial charge in [-0.25, -0.2) is 0 Å². The van der Waals surface area contributed by atoms with E-state index in [1.807, 2.05) is 0 Å². The predicted octanol–water partition coefficient (Wildman–Crippen LogP) is 2.01. The highest BCUT2D eigenvalue weighted by Gasteiger charge is 2.05. The lowest BCUT2D eigenvalue weighted by atomic mass is 10.3. The van der Waals surface area contributed by atoms with E-state index >= 15 is 0 Å². The number of hydrogen-bond donors (Lipinski definition) is 0. The van der Waals surface area contributed by atoms with Gasteiger partial charge >= 0.3 is 0 Å². The van der Waals surface area contributed by atoms with Gasteiger partial charge in [0.2, 0.25) is 0 Å². The monoisotopic (exact) mass is 200 g/mol. The van der Waals surface area contributed by atoms with Crippen molar-refractivity contribution in [2.45, 2.75) is 0 Å². The average Bonchev–Trinajstić information content (AvgIpc) is 2.15. The van der Waals surface area contributed by atoms with Gasteiger partial charge in [0.1, 0.15) is 12.4 Å². The third-order valence-corrected chi connectivity index (χ3v) is 1.46. The normalized spacial score (nSPS) is 9.62. The smallest absolute Gasteiger partial charge is 0.273 e. The maximum absolute atomic E-state index is 10.3. The van der Waals surface area contributed by atoms with Gasteiger partial charge in [-0.2, -0.15) is 0 Å². The van der Waals surface area contributed by atoms with E-state index in [0.717, 1.165) is 0 Å². The Morgan fingerprint density at radius 3 is 3.00 bits per heavy atom. The van der Waals surface area contributed by atoms with Gasteiger partial charge in [-0.1, -0.05) is 0 Å². The van der Waals surface area contributed by atoms with Crippen molar-refractivity contribution in [1.29, 1.82) is 0 Å². The second kappa shape index (κ2) is 4.67. The van der Waals surface area contributed by atoms with Gasteiger partial charge in [0.25, 0.3) is 5.69 Å². The van der Waals surface area contributed by atoms with Gasteiger partial charge in [-0.3, -0.25) is 10.1 Å². The molecule has 5 heteroatoms. The molecular formula is C8H7ClNO3. The zero-order valence-corrected chi connectivity index (χ0v) is 7.45. The average molecular weight is 201 g/mol. The molecule has 0 bridgehead atoms. The first kappa shape index (κ1) is 9.80. The lowest BCUT2D eigenvalue weighted by Gasteiger charge is -2.01. The van der Waals surface area contributed by atoms with Crippen molar-refractivity contribution in [3.63, 3.8) is 0 Å².